The van der Waals surface area contributed by atoms with Gasteiger partial charge in [-0.15, -0.1) is 0 Å². The number of hydrogen-bond acceptors (Lipinski definition) is 25. The van der Waals surface area contributed by atoms with Gasteiger partial charge in [-0.3, -0.25) is 0 Å². The van der Waals surface area contributed by atoms with Crippen LogP contribution in [0.3, 0.4) is 0 Å². The molecule has 25 nitrogen and oxygen atoms in total. The van der Waals surface area contributed by atoms with Crippen molar-refractivity contribution in [2.24, 2.45) is 5.73 Å². The van der Waals surface area contributed by atoms with Crippen molar-refractivity contribution < 1.29 is 117 Å². The maximum absolute atomic E-state index is 12.7. The Morgan fingerprint density at radius 3 is 1.22 bits per heavy atom. The largest absolute Gasteiger partial charge is 0.394 e. The predicted octanol–water partition coefficient (Wildman–Crippen LogP) is 2.42. The lowest BCUT2D eigenvalue weighted by Crippen LogP contribution is -2.69. The van der Waals surface area contributed by atoms with Crippen molar-refractivity contribution in [1.29, 1.82) is 0 Å². The Hall–Kier alpha value is -5.68. The molecule has 0 amide bonds. The molecule has 25 heteroatoms. The van der Waals surface area contributed by atoms with Crippen LogP contribution in [0.4, 0.5) is 0 Å². The van der Waals surface area contributed by atoms with Crippen LogP contribution in [0.5, 0.6) is 0 Å². The quantitative estimate of drug-likeness (QED) is 0.0309. The van der Waals surface area contributed by atoms with Gasteiger partial charge in [-0.25, -0.2) is 0 Å². The summed E-state index contributed by atoms with van der Waals surface area (Å²) in [7, 11) is 0. The second-order valence-electron chi connectivity index (χ2n) is 24.8. The highest BCUT2D eigenvalue weighted by Crippen LogP contribution is 2.37. The van der Waals surface area contributed by atoms with Gasteiger partial charge in [-0.1, -0.05) is 182 Å². The number of hydrogen-bond donors (Lipinski definition) is 10. The minimum atomic E-state index is -2.00. The van der Waals surface area contributed by atoms with Gasteiger partial charge in [0.1, 0.15) is 110 Å². The molecular weight excluding hydrogens is 1260 g/mol. The molecule has 6 aromatic carbocycles. The first-order valence-electron chi connectivity index (χ1n) is 32.7. The maximum atomic E-state index is 12.7. The van der Waals surface area contributed by atoms with Gasteiger partial charge < -0.3 is 123 Å². The zero-order chi connectivity index (χ0) is 67.8. The van der Waals surface area contributed by atoms with Gasteiger partial charge >= 0.3 is 0 Å². The Kier molecular flexibility index (Phi) is 26.6. The Bertz CT molecular complexity index is 3200. The average molecular weight is 1350 g/mol. The molecule has 11 N–H and O–H groups in total. The van der Waals surface area contributed by atoms with Gasteiger partial charge in [0.15, 0.2) is 31.5 Å². The molecule has 5 saturated heterocycles. The fraction of sp³-hybridized carbons (Fsp3) is 0.500. The van der Waals surface area contributed by atoms with Crippen molar-refractivity contribution in [2.45, 2.75) is 200 Å². The summed E-state index contributed by atoms with van der Waals surface area (Å²) in [5.41, 5.74) is 11.6. The molecule has 0 radical (unpaired) electrons. The summed E-state index contributed by atoms with van der Waals surface area (Å²) in [5, 5.41) is 103. The highest BCUT2D eigenvalue weighted by Gasteiger charge is 2.56. The number of aliphatic hydroxyl groups is 9. The van der Waals surface area contributed by atoms with Gasteiger partial charge in [0.25, 0.3) is 0 Å². The van der Waals surface area contributed by atoms with Crippen LogP contribution in [0.2, 0.25) is 0 Å². The normalized spacial score (nSPS) is 35.5. The lowest BCUT2D eigenvalue weighted by molar-refractivity contribution is -0.382. The van der Waals surface area contributed by atoms with E-state index in [1.54, 1.807) is 0 Å². The predicted molar refractivity (Wildman–Crippen MR) is 341 cm³/mol. The lowest BCUT2D eigenvalue weighted by atomic mass is 9.94. The molecule has 5 aliphatic rings. The molecule has 0 aromatic heterocycles. The molecule has 526 valence electrons. The van der Waals surface area contributed by atoms with E-state index in [9.17, 15) is 46.0 Å². The molecule has 0 bridgehead atoms. The molecule has 0 aliphatic carbocycles. The van der Waals surface area contributed by atoms with Crippen molar-refractivity contribution in [1.82, 2.24) is 0 Å². The second kappa shape index (κ2) is 35.6. The Morgan fingerprint density at radius 2 is 0.701 bits per heavy atom. The zero-order valence-electron chi connectivity index (χ0n) is 53.6. The molecular formula is C72H89NO24. The Morgan fingerprint density at radius 1 is 0.309 bits per heavy atom. The fourth-order valence-corrected chi connectivity index (χ4v) is 12.4. The molecule has 0 saturated carbocycles. The SMILES string of the molecule is C[C@@H]1O[C@@H](OC[C@H]2O[C@H](O[C@@H]3[C@H](O[C@@H]4O[C@H](CO[C@H]5O[C@H](CO)[C@@H](OCc6ccccc6)[C@H](OCc6ccccc6)[C@H]5OCc5ccccc5)[C@@H](O)[C@H](O)[C@H]4O)[C@@H](N)[C@@H](O)O[C@@H]3COCc3ccccc3)[C@H](OCc3ccccc3)[C@@H](O)[C@@H]2OCc2ccccc2)[C@H](O)[C@H](O)[C@H]1O. The standard InChI is InChI=1S/C72H89NO24/c1-42-54(75)56(77)58(79)69(91-42)89-41-52-61(84-34-44-22-10-3-11-23-44)60(81)65(86-36-46-26-14-5-15-27-46)72(95-52)96-63-51(39-83-33-43-20-8-2-9-21-43)92-68(82)53(73)64(63)97-70-59(80)57(78)55(76)50(94-70)40-90-71-67(88-38-48-30-18-7-19-31-48)66(87-37-47-28-16-6-17-29-47)62(49(32-74)93-71)85-35-45-24-12-4-13-25-45/h2-31,42,49-72,74-82H,32-41,73H2,1H3/t42-,49+,50+,51+,52+,53+,54-,55+,56+,57-,58+,59+,60-,61+,62+,63-,64+,65+,66-,67+,68-,69+,70-,71-,72+/m0/s1. The third-order valence-electron chi connectivity index (χ3n) is 17.8. The monoisotopic (exact) mass is 1350 g/mol. The topological polar surface area (TPSA) is 347 Å². The number of rotatable bonds is 30. The summed E-state index contributed by atoms with van der Waals surface area (Å²) < 4.78 is 97.3. The molecule has 6 aromatic rings. The molecule has 5 aliphatic heterocycles. The van der Waals surface area contributed by atoms with Crippen LogP contribution < -0.4 is 5.73 Å². The molecule has 5 fully saturated rings. The number of benzene rings is 6. The zero-order valence-corrected chi connectivity index (χ0v) is 53.6. The van der Waals surface area contributed by atoms with E-state index >= 15 is 0 Å². The highest BCUT2D eigenvalue weighted by molar-refractivity contribution is 5.18. The van der Waals surface area contributed by atoms with Crippen LogP contribution in [0, 0.1) is 0 Å². The third kappa shape index (κ3) is 18.9. The first kappa shape index (κ1) is 72.6. The van der Waals surface area contributed by atoms with Crippen molar-refractivity contribution in [3.8, 4) is 0 Å². The minimum absolute atomic E-state index is 0.0339. The van der Waals surface area contributed by atoms with Gasteiger partial charge in [0, 0.05) is 0 Å². The molecule has 25 atom stereocenters. The van der Waals surface area contributed by atoms with Crippen molar-refractivity contribution >= 4 is 0 Å². The van der Waals surface area contributed by atoms with Gasteiger partial charge in [-0.2, -0.15) is 0 Å². The summed E-state index contributed by atoms with van der Waals surface area (Å²) >= 11 is 0. The Balaban J connectivity index is 0.885. The Labute approximate surface area is 562 Å². The maximum Gasteiger partial charge on any atom is 0.187 e. The first-order chi connectivity index (χ1) is 47.2. The minimum Gasteiger partial charge on any atom is -0.394 e. The van der Waals surface area contributed by atoms with E-state index in [1.807, 2.05) is 182 Å². The average Bonchev–Trinajstić information content (AvgIpc) is 0.784. The van der Waals surface area contributed by atoms with Crippen molar-refractivity contribution in [3.63, 3.8) is 0 Å². The summed E-state index contributed by atoms with van der Waals surface area (Å²) in [4.78, 5) is 0. The smallest absolute Gasteiger partial charge is 0.187 e. The van der Waals surface area contributed by atoms with E-state index in [2.05, 4.69) is 0 Å². The van der Waals surface area contributed by atoms with Gasteiger partial charge in [0.05, 0.1) is 78.2 Å². The van der Waals surface area contributed by atoms with Crippen molar-refractivity contribution in [3.05, 3.63) is 215 Å². The molecule has 11 rings (SSSR count). The van der Waals surface area contributed by atoms with E-state index in [1.165, 1.54) is 6.92 Å². The van der Waals surface area contributed by atoms with Crippen LogP contribution in [0.1, 0.15) is 40.3 Å². The van der Waals surface area contributed by atoms with Gasteiger partial charge in [0.2, 0.25) is 0 Å². The first-order valence-corrected chi connectivity index (χ1v) is 32.7. The molecule has 5 heterocycles. The molecule has 97 heavy (non-hydrogen) atoms. The van der Waals surface area contributed by atoms with Crippen LogP contribution in [-0.2, 0) is 111 Å². The van der Waals surface area contributed by atoms with E-state index < -0.39 is 173 Å². The summed E-state index contributed by atoms with van der Waals surface area (Å²) in [6.45, 7) is -0.204. The highest BCUT2D eigenvalue weighted by atomic mass is 16.8. The third-order valence-corrected chi connectivity index (χ3v) is 17.8. The van der Waals surface area contributed by atoms with E-state index in [4.69, 9.17) is 76.8 Å². The van der Waals surface area contributed by atoms with E-state index in [0.29, 0.717) is 5.56 Å². The molecule has 0 spiro atoms. The summed E-state index contributed by atoms with van der Waals surface area (Å²) in [5.74, 6) is 0. The second-order valence-corrected chi connectivity index (χ2v) is 24.8. The number of aliphatic hydroxyl groups excluding tert-OH is 9. The fourth-order valence-electron chi connectivity index (χ4n) is 12.4. The van der Waals surface area contributed by atoms with Crippen LogP contribution in [0.15, 0.2) is 182 Å². The van der Waals surface area contributed by atoms with E-state index in [-0.39, 0.29) is 46.2 Å². The summed E-state index contributed by atoms with van der Waals surface area (Å²) in [6, 6.07) is 54.2. The number of nitrogens with two attached hydrogens (primary N) is 1. The number of ether oxygens (including phenoxy) is 15. The molecule has 0 unspecified atom stereocenters. The van der Waals surface area contributed by atoms with E-state index in [0.717, 1.165) is 27.8 Å². The van der Waals surface area contributed by atoms with Crippen LogP contribution >= 0.6 is 0 Å². The van der Waals surface area contributed by atoms with Crippen LogP contribution in [0.25, 0.3) is 0 Å². The van der Waals surface area contributed by atoms with Crippen molar-refractivity contribution in [2.75, 3.05) is 26.4 Å². The lowest BCUT2D eigenvalue weighted by Gasteiger charge is -2.50. The summed E-state index contributed by atoms with van der Waals surface area (Å²) in [6.07, 6.45) is -35.4. The van der Waals surface area contributed by atoms with Crippen LogP contribution in [-0.4, -0.2) is 226 Å². The van der Waals surface area contributed by atoms with Gasteiger partial charge in [-0.05, 0) is 40.3 Å².